The fraction of sp³-hybridized carbons (Fsp3) is 0.214. The van der Waals surface area contributed by atoms with Crippen LogP contribution < -0.4 is 0 Å². The molecule has 2 aromatic rings. The predicted molar refractivity (Wildman–Crippen MR) is 71.6 cm³/mol. The molecule has 3 nitrogen and oxygen atoms in total. The zero-order valence-electron chi connectivity index (χ0n) is 10.0. The van der Waals surface area contributed by atoms with E-state index in [2.05, 4.69) is 33.2 Å². The number of fused-ring (bicyclic) bond motifs is 1. The van der Waals surface area contributed by atoms with E-state index >= 15 is 0 Å². The third-order valence-electron chi connectivity index (χ3n) is 3.07. The fourth-order valence-corrected chi connectivity index (χ4v) is 2.22. The normalized spacial score (nSPS) is 12.8. The monoisotopic (exact) mass is 257 g/mol. The van der Waals surface area contributed by atoms with Crippen molar-refractivity contribution in [2.45, 2.75) is 19.8 Å². The van der Waals surface area contributed by atoms with Gasteiger partial charge in [-0.15, -0.1) is 0 Å². The lowest BCUT2D eigenvalue weighted by atomic mass is 10.1. The number of pyridine rings is 1. The predicted octanol–water partition coefficient (Wildman–Crippen LogP) is 2.99. The van der Waals surface area contributed by atoms with E-state index < -0.39 is 0 Å². The van der Waals surface area contributed by atoms with Crippen molar-refractivity contribution in [1.29, 1.82) is 0 Å². The number of rotatable bonds is 2. The Morgan fingerprint density at radius 2 is 2.17 bits per heavy atom. The number of aryl methyl sites for hydroxylation is 1. The molecule has 0 aromatic carbocycles. The highest BCUT2D eigenvalue weighted by Crippen LogP contribution is 2.19. The van der Waals surface area contributed by atoms with Crippen molar-refractivity contribution in [3.63, 3.8) is 0 Å². The molecule has 4 heteroatoms. The van der Waals surface area contributed by atoms with Crippen LogP contribution in [0.1, 0.15) is 28.2 Å². The van der Waals surface area contributed by atoms with E-state index in [-0.39, 0.29) is 0 Å². The second kappa shape index (κ2) is 4.50. The van der Waals surface area contributed by atoms with Crippen LogP contribution in [0.5, 0.6) is 0 Å². The zero-order chi connectivity index (χ0) is 12.5. The molecule has 1 aliphatic carbocycles. The molecule has 0 unspecified atom stereocenters. The van der Waals surface area contributed by atoms with Crippen molar-refractivity contribution in [3.8, 4) is 0 Å². The minimum atomic E-state index is 0.290. The maximum atomic E-state index is 5.82. The fourth-order valence-electron chi connectivity index (χ4n) is 2.07. The second-order valence-electron chi connectivity index (χ2n) is 4.39. The quantitative estimate of drug-likeness (QED) is 0.777. The molecule has 3 rings (SSSR count). The average Bonchev–Trinajstić information content (AvgIpc) is 2.81. The first-order chi connectivity index (χ1) is 8.72. The van der Waals surface area contributed by atoms with Crippen molar-refractivity contribution in [2.75, 3.05) is 0 Å². The number of aromatic nitrogens is 3. The van der Waals surface area contributed by atoms with Gasteiger partial charge in [0.1, 0.15) is 0 Å². The Kier molecular flexibility index (Phi) is 2.84. The highest BCUT2D eigenvalue weighted by Gasteiger charge is 2.09. The van der Waals surface area contributed by atoms with E-state index in [0.717, 1.165) is 29.1 Å². The second-order valence-corrected chi connectivity index (χ2v) is 4.73. The maximum absolute atomic E-state index is 5.82. The zero-order valence-corrected chi connectivity index (χ0v) is 10.8. The summed E-state index contributed by atoms with van der Waals surface area (Å²) in [5.74, 6) is 0. The first kappa shape index (κ1) is 11.4. The lowest BCUT2D eigenvalue weighted by Crippen LogP contribution is -2.01. The van der Waals surface area contributed by atoms with Crippen molar-refractivity contribution in [2.24, 2.45) is 0 Å². The minimum absolute atomic E-state index is 0.290. The van der Waals surface area contributed by atoms with Gasteiger partial charge in [0, 0.05) is 24.7 Å². The summed E-state index contributed by atoms with van der Waals surface area (Å²) in [4.78, 5) is 12.9. The van der Waals surface area contributed by atoms with Gasteiger partial charge in [0.2, 0.25) is 5.28 Å². The molecule has 2 aromatic heterocycles. The number of allylic oxidation sites excluding steroid dienone is 1. The van der Waals surface area contributed by atoms with Gasteiger partial charge in [-0.3, -0.25) is 4.98 Å². The summed E-state index contributed by atoms with van der Waals surface area (Å²) < 4.78 is 0. The molecule has 90 valence electrons. The lowest BCUT2D eigenvalue weighted by molar-refractivity contribution is 0.944. The first-order valence-corrected chi connectivity index (χ1v) is 6.23. The molecule has 0 aliphatic heterocycles. The number of halogens is 1. The summed E-state index contributed by atoms with van der Waals surface area (Å²) in [6.07, 6.45) is 7.61. The molecule has 0 saturated carbocycles. The third-order valence-corrected chi connectivity index (χ3v) is 3.25. The van der Waals surface area contributed by atoms with Crippen LogP contribution in [0.2, 0.25) is 5.28 Å². The summed E-state index contributed by atoms with van der Waals surface area (Å²) in [7, 11) is 0. The summed E-state index contributed by atoms with van der Waals surface area (Å²) in [5, 5.41) is 0.290. The van der Waals surface area contributed by atoms with Gasteiger partial charge in [-0.05, 0) is 35.7 Å². The summed E-state index contributed by atoms with van der Waals surface area (Å²) in [6.45, 7) is 1.99. The van der Waals surface area contributed by atoms with Crippen LogP contribution in [0.3, 0.4) is 0 Å². The van der Waals surface area contributed by atoms with E-state index in [0.29, 0.717) is 11.7 Å². The molecule has 0 radical (unpaired) electrons. The Morgan fingerprint density at radius 1 is 1.28 bits per heavy atom. The van der Waals surface area contributed by atoms with Crippen LogP contribution in [-0.4, -0.2) is 15.0 Å². The van der Waals surface area contributed by atoms with Crippen LogP contribution in [-0.2, 0) is 12.8 Å². The van der Waals surface area contributed by atoms with Gasteiger partial charge < -0.3 is 0 Å². The maximum Gasteiger partial charge on any atom is 0.222 e. The van der Waals surface area contributed by atoms with Crippen LogP contribution in [0, 0.1) is 6.92 Å². The van der Waals surface area contributed by atoms with Gasteiger partial charge in [0.15, 0.2) is 0 Å². The highest BCUT2D eigenvalue weighted by molar-refractivity contribution is 6.28. The van der Waals surface area contributed by atoms with E-state index in [9.17, 15) is 0 Å². The van der Waals surface area contributed by atoms with Crippen molar-refractivity contribution in [3.05, 3.63) is 57.9 Å². The Balaban J connectivity index is 1.91. The van der Waals surface area contributed by atoms with Gasteiger partial charge in [0.25, 0.3) is 0 Å². The summed E-state index contributed by atoms with van der Waals surface area (Å²) in [6, 6.07) is 4.16. The molecular formula is C14H12ClN3. The third kappa shape index (κ3) is 2.14. The number of nitrogens with zero attached hydrogens (tertiary/aromatic N) is 3. The molecule has 0 atom stereocenters. The van der Waals surface area contributed by atoms with Gasteiger partial charge in [-0.25, -0.2) is 9.97 Å². The van der Waals surface area contributed by atoms with Crippen LogP contribution >= 0.6 is 11.6 Å². The molecular weight excluding hydrogens is 246 g/mol. The van der Waals surface area contributed by atoms with Gasteiger partial charge in [-0.1, -0.05) is 18.2 Å². The molecule has 0 amide bonds. The average molecular weight is 258 g/mol. The number of hydrogen-bond donors (Lipinski definition) is 0. The molecule has 18 heavy (non-hydrogen) atoms. The molecule has 0 spiro atoms. The molecule has 1 aliphatic rings. The minimum Gasteiger partial charge on any atom is -0.257 e. The van der Waals surface area contributed by atoms with E-state index in [4.69, 9.17) is 11.6 Å². The van der Waals surface area contributed by atoms with Gasteiger partial charge >= 0.3 is 0 Å². The van der Waals surface area contributed by atoms with Crippen LogP contribution in [0.15, 0.2) is 24.4 Å². The van der Waals surface area contributed by atoms with E-state index in [1.54, 1.807) is 6.20 Å². The highest BCUT2D eigenvalue weighted by atomic mass is 35.5. The van der Waals surface area contributed by atoms with E-state index in [1.165, 1.54) is 5.56 Å². The first-order valence-electron chi connectivity index (χ1n) is 5.86. The van der Waals surface area contributed by atoms with Gasteiger partial charge in [0.05, 0.1) is 11.4 Å². The molecule has 0 fully saturated rings. The standard InChI is InChI=1S/C14H12ClN3/c1-9-8-16-14(15)18-13(9)7-11-6-5-10-3-2-4-12(10)17-11/h2-3,5-6,8H,4,7H2,1H3. The molecule has 0 N–H and O–H groups in total. The van der Waals surface area contributed by atoms with E-state index in [1.807, 2.05) is 13.0 Å². The van der Waals surface area contributed by atoms with Crippen LogP contribution in [0.25, 0.3) is 6.08 Å². The Hall–Kier alpha value is -1.74. The molecule has 0 saturated heterocycles. The van der Waals surface area contributed by atoms with Crippen LogP contribution in [0.4, 0.5) is 0 Å². The number of hydrogen-bond acceptors (Lipinski definition) is 3. The van der Waals surface area contributed by atoms with Gasteiger partial charge in [-0.2, -0.15) is 0 Å². The summed E-state index contributed by atoms with van der Waals surface area (Å²) >= 11 is 5.82. The molecule has 0 bridgehead atoms. The Labute approximate surface area is 111 Å². The molecule has 2 heterocycles. The Morgan fingerprint density at radius 3 is 3.06 bits per heavy atom. The largest absolute Gasteiger partial charge is 0.257 e. The summed E-state index contributed by atoms with van der Waals surface area (Å²) in [5.41, 5.74) is 5.37. The van der Waals surface area contributed by atoms with Crippen molar-refractivity contribution >= 4 is 17.7 Å². The topological polar surface area (TPSA) is 38.7 Å². The lowest BCUT2D eigenvalue weighted by Gasteiger charge is -2.06. The van der Waals surface area contributed by atoms with Crippen molar-refractivity contribution < 1.29 is 0 Å². The smallest absolute Gasteiger partial charge is 0.222 e. The Bertz CT molecular complexity index is 635. The van der Waals surface area contributed by atoms with Crippen molar-refractivity contribution in [1.82, 2.24) is 15.0 Å². The SMILES string of the molecule is Cc1cnc(Cl)nc1Cc1ccc2c(n1)CC=C2.